The maximum Gasteiger partial charge on any atom is 0.420 e. The van der Waals surface area contributed by atoms with Crippen molar-refractivity contribution in [2.75, 3.05) is 17.8 Å². The zero-order valence-corrected chi connectivity index (χ0v) is 19.2. The molecule has 1 aromatic carbocycles. The fourth-order valence-electron chi connectivity index (χ4n) is 3.75. The number of pyridine rings is 2. The molecule has 7 nitrogen and oxygen atoms in total. The molecule has 186 valence electrons. The highest BCUT2D eigenvalue weighted by Crippen LogP contribution is 2.38. The maximum absolute atomic E-state index is 13.8. The monoisotopic (exact) mass is 510 g/mol. The van der Waals surface area contributed by atoms with Gasteiger partial charge in [-0.25, -0.2) is 9.97 Å². The first kappa shape index (κ1) is 24.9. The van der Waals surface area contributed by atoms with Crippen molar-refractivity contribution >= 4 is 15.8 Å². The van der Waals surface area contributed by atoms with E-state index in [4.69, 9.17) is 4.74 Å². The molecule has 1 fully saturated rings. The number of hydrogen-bond acceptors (Lipinski definition) is 6. The summed E-state index contributed by atoms with van der Waals surface area (Å²) in [6, 6.07) is 13.6. The highest BCUT2D eigenvalue weighted by molar-refractivity contribution is 7.92. The molecule has 0 aliphatic carbocycles. The summed E-state index contributed by atoms with van der Waals surface area (Å²) < 4.78 is 87.1. The summed E-state index contributed by atoms with van der Waals surface area (Å²) in [5.74, 6) is -1.88. The van der Waals surface area contributed by atoms with Crippen LogP contribution in [0.15, 0.2) is 65.8 Å². The van der Waals surface area contributed by atoms with Crippen molar-refractivity contribution in [3.63, 3.8) is 0 Å². The largest absolute Gasteiger partial charge is 0.488 e. The number of benzene rings is 1. The van der Waals surface area contributed by atoms with Gasteiger partial charge in [0.2, 0.25) is 5.95 Å². The lowest BCUT2D eigenvalue weighted by Crippen LogP contribution is -2.38. The van der Waals surface area contributed by atoms with Crippen LogP contribution in [-0.4, -0.2) is 42.5 Å². The Hall–Kier alpha value is -3.25. The van der Waals surface area contributed by atoms with Crippen LogP contribution in [0.3, 0.4) is 0 Å². The van der Waals surface area contributed by atoms with Crippen molar-refractivity contribution in [2.45, 2.75) is 36.7 Å². The van der Waals surface area contributed by atoms with Gasteiger partial charge in [-0.15, -0.1) is 0 Å². The lowest BCUT2D eigenvalue weighted by Gasteiger charge is -2.32. The molecule has 4 rings (SSSR count). The van der Waals surface area contributed by atoms with Gasteiger partial charge in [0, 0.05) is 19.6 Å². The molecule has 2 aromatic heterocycles. The van der Waals surface area contributed by atoms with E-state index in [-0.39, 0.29) is 5.82 Å². The number of ether oxygens (including phenoxy) is 1. The molecule has 1 saturated heterocycles. The van der Waals surface area contributed by atoms with Crippen LogP contribution in [0.4, 0.5) is 23.4 Å². The Kier molecular flexibility index (Phi) is 7.22. The van der Waals surface area contributed by atoms with Crippen molar-refractivity contribution in [2.24, 2.45) is 0 Å². The van der Waals surface area contributed by atoms with Gasteiger partial charge in [-0.2, -0.15) is 26.0 Å². The summed E-state index contributed by atoms with van der Waals surface area (Å²) in [6.45, 7) is 2.03. The second-order valence-electron chi connectivity index (χ2n) is 8.05. The van der Waals surface area contributed by atoms with Crippen LogP contribution >= 0.6 is 0 Å². The molecule has 1 aliphatic heterocycles. The average Bonchev–Trinajstić information content (AvgIpc) is 2.80. The van der Waals surface area contributed by atoms with Gasteiger partial charge in [-0.1, -0.05) is 36.4 Å². The second kappa shape index (κ2) is 10.2. The van der Waals surface area contributed by atoms with Crippen LogP contribution in [0.2, 0.25) is 0 Å². The van der Waals surface area contributed by atoms with Crippen molar-refractivity contribution in [3.8, 4) is 5.75 Å². The number of anilines is 1. The Morgan fingerprint density at radius 3 is 2.43 bits per heavy atom. The molecule has 3 aromatic rings. The summed E-state index contributed by atoms with van der Waals surface area (Å²) in [5.41, 5.74) is -0.110. The second-order valence-corrected chi connectivity index (χ2v) is 9.68. The van der Waals surface area contributed by atoms with Crippen molar-refractivity contribution in [3.05, 3.63) is 77.9 Å². The molecule has 12 heteroatoms. The smallest absolute Gasteiger partial charge is 0.420 e. The number of halogens is 4. The average molecular weight is 511 g/mol. The first-order valence-corrected chi connectivity index (χ1v) is 12.2. The minimum Gasteiger partial charge on any atom is -0.488 e. The van der Waals surface area contributed by atoms with E-state index in [1.165, 1.54) is 6.07 Å². The fraction of sp³-hybridized carbons (Fsp3) is 0.304. The van der Waals surface area contributed by atoms with Gasteiger partial charge < -0.3 is 4.74 Å². The standard InChI is InChI=1S/C23H22F4N4O3S/c24-20-7-4-8-21(29-20)30-35(32,33)22-13-18(23(25,26)27)19(14-28-22)34-17-9-11-31(12-10-17)15-16-5-2-1-3-6-16/h1-8,13-14,17H,9-12,15H2,(H,29,30). The topological polar surface area (TPSA) is 84.4 Å². The van der Waals surface area contributed by atoms with Gasteiger partial charge in [0.25, 0.3) is 10.0 Å². The van der Waals surface area contributed by atoms with Crippen LogP contribution < -0.4 is 9.46 Å². The van der Waals surface area contributed by atoms with Crippen LogP contribution in [0.1, 0.15) is 24.0 Å². The zero-order valence-electron chi connectivity index (χ0n) is 18.4. The van der Waals surface area contributed by atoms with Crippen LogP contribution in [0, 0.1) is 5.95 Å². The normalized spacial score (nSPS) is 15.7. The maximum atomic E-state index is 13.8. The molecule has 1 aliphatic rings. The number of nitrogens with zero attached hydrogens (tertiary/aromatic N) is 3. The minimum absolute atomic E-state index is 0.386. The number of aromatic nitrogens is 2. The van der Waals surface area contributed by atoms with Gasteiger partial charge in [0.05, 0.1) is 6.20 Å². The summed E-state index contributed by atoms with van der Waals surface area (Å²) in [6.07, 6.45) is -3.57. The van der Waals surface area contributed by atoms with E-state index in [0.717, 1.165) is 30.4 Å². The van der Waals surface area contributed by atoms with Crippen molar-refractivity contribution < 1.29 is 30.7 Å². The Balaban J connectivity index is 1.47. The molecule has 0 unspecified atom stereocenters. The van der Waals surface area contributed by atoms with E-state index in [2.05, 4.69) is 14.9 Å². The van der Waals surface area contributed by atoms with Crippen LogP contribution in [0.5, 0.6) is 5.75 Å². The number of likely N-dealkylation sites (tertiary alicyclic amines) is 1. The molecular formula is C23H22F4N4O3S. The Bertz CT molecular complexity index is 1270. The van der Waals surface area contributed by atoms with Crippen molar-refractivity contribution in [1.82, 2.24) is 14.9 Å². The predicted molar refractivity (Wildman–Crippen MR) is 120 cm³/mol. The number of alkyl halides is 3. The van der Waals surface area contributed by atoms with Gasteiger partial charge in [0.1, 0.15) is 23.2 Å². The Morgan fingerprint density at radius 1 is 1.06 bits per heavy atom. The number of piperidine rings is 1. The summed E-state index contributed by atoms with van der Waals surface area (Å²) in [4.78, 5) is 9.21. The van der Waals surface area contributed by atoms with E-state index in [1.807, 2.05) is 35.1 Å². The Labute approximate surface area is 199 Å². The summed E-state index contributed by atoms with van der Waals surface area (Å²) >= 11 is 0. The molecular weight excluding hydrogens is 488 g/mol. The zero-order chi connectivity index (χ0) is 25.1. The lowest BCUT2D eigenvalue weighted by molar-refractivity contribution is -0.139. The Morgan fingerprint density at radius 2 is 1.77 bits per heavy atom. The fourth-order valence-corrected chi connectivity index (χ4v) is 4.71. The molecule has 0 saturated carbocycles. The van der Waals surface area contributed by atoms with Crippen LogP contribution in [-0.2, 0) is 22.7 Å². The number of hydrogen-bond donors (Lipinski definition) is 1. The summed E-state index contributed by atoms with van der Waals surface area (Å²) in [5, 5.41) is -0.888. The first-order chi connectivity index (χ1) is 16.6. The molecule has 1 N–H and O–H groups in total. The third kappa shape index (κ3) is 6.45. The van der Waals surface area contributed by atoms with Gasteiger partial charge in [-0.05, 0) is 36.6 Å². The lowest BCUT2D eigenvalue weighted by atomic mass is 10.1. The molecule has 0 amide bonds. The van der Waals surface area contributed by atoms with E-state index in [1.54, 1.807) is 0 Å². The van der Waals surface area contributed by atoms with Crippen LogP contribution in [0.25, 0.3) is 0 Å². The molecule has 0 bridgehead atoms. The predicted octanol–water partition coefficient (Wildman–Crippen LogP) is 4.48. The van der Waals surface area contributed by atoms with Gasteiger partial charge in [0.15, 0.2) is 5.03 Å². The molecule has 0 radical (unpaired) electrons. The number of nitrogens with one attached hydrogen (secondary N) is 1. The number of sulfonamides is 1. The molecule has 0 spiro atoms. The molecule has 3 heterocycles. The van der Waals surface area contributed by atoms with E-state index in [9.17, 15) is 26.0 Å². The first-order valence-electron chi connectivity index (χ1n) is 10.8. The third-order valence-corrected chi connectivity index (χ3v) is 6.71. The summed E-state index contributed by atoms with van der Waals surface area (Å²) in [7, 11) is -4.55. The third-order valence-electron chi connectivity index (χ3n) is 5.45. The number of rotatable bonds is 7. The molecule has 35 heavy (non-hydrogen) atoms. The highest BCUT2D eigenvalue weighted by Gasteiger charge is 2.37. The van der Waals surface area contributed by atoms with Gasteiger partial charge in [-0.3, -0.25) is 9.62 Å². The molecule has 0 atom stereocenters. The highest BCUT2D eigenvalue weighted by atomic mass is 32.2. The quantitative estimate of drug-likeness (QED) is 0.373. The van der Waals surface area contributed by atoms with E-state index < -0.39 is 44.6 Å². The van der Waals surface area contributed by atoms with E-state index >= 15 is 0 Å². The van der Waals surface area contributed by atoms with E-state index in [0.29, 0.717) is 32.0 Å². The van der Waals surface area contributed by atoms with Gasteiger partial charge >= 0.3 is 6.18 Å². The minimum atomic E-state index is -4.88. The van der Waals surface area contributed by atoms with Crippen molar-refractivity contribution in [1.29, 1.82) is 0 Å². The SMILES string of the molecule is O=S(=O)(Nc1cccc(F)n1)c1cc(C(F)(F)F)c(OC2CCN(Cc3ccccc3)CC2)cn1.